The lowest BCUT2D eigenvalue weighted by atomic mass is 9.92. The molecule has 2 saturated heterocycles. The fraction of sp³-hybridized carbons (Fsp3) is 0.929. The molecule has 0 spiro atoms. The predicted octanol–water partition coefficient (Wildman–Crippen LogP) is 0.0673. The number of carbonyl (C=O) groups excluding carboxylic acids is 1. The molecule has 19 heavy (non-hydrogen) atoms. The van der Waals surface area contributed by atoms with Crippen LogP contribution in [0, 0.1) is 11.8 Å². The molecule has 5 heteroatoms. The lowest BCUT2D eigenvalue weighted by Gasteiger charge is -2.31. The van der Waals surface area contributed by atoms with E-state index in [1.54, 1.807) is 7.11 Å². The van der Waals surface area contributed by atoms with Gasteiger partial charge in [-0.3, -0.25) is 9.69 Å². The second kappa shape index (κ2) is 6.68. The number of nitrogens with zero attached hydrogens (tertiary/aromatic N) is 1. The molecule has 0 aromatic carbocycles. The second-order valence-corrected chi connectivity index (χ2v) is 5.71. The molecule has 0 bridgehead atoms. The lowest BCUT2D eigenvalue weighted by Crippen LogP contribution is -2.49. The Balaban J connectivity index is 1.91. The Hall–Kier alpha value is -0.650. The monoisotopic (exact) mass is 269 g/mol. The quantitative estimate of drug-likeness (QED) is 0.670. The molecule has 0 aromatic rings. The molecule has 2 heterocycles. The first-order valence-corrected chi connectivity index (χ1v) is 7.42. The van der Waals surface area contributed by atoms with Gasteiger partial charge < -0.3 is 15.4 Å². The van der Waals surface area contributed by atoms with E-state index in [-0.39, 0.29) is 11.9 Å². The molecule has 2 rings (SSSR count). The molecule has 0 radical (unpaired) electrons. The summed E-state index contributed by atoms with van der Waals surface area (Å²) in [5.74, 6) is 1.57. The van der Waals surface area contributed by atoms with Crippen molar-refractivity contribution < 1.29 is 9.53 Å². The van der Waals surface area contributed by atoms with Crippen molar-refractivity contribution in [2.24, 2.45) is 11.8 Å². The van der Waals surface area contributed by atoms with E-state index >= 15 is 0 Å². The highest BCUT2D eigenvalue weighted by atomic mass is 16.5. The largest absolute Gasteiger partial charge is 0.383 e. The maximum atomic E-state index is 12.2. The number of carbonyl (C=O) groups is 1. The van der Waals surface area contributed by atoms with Gasteiger partial charge >= 0.3 is 0 Å². The zero-order valence-corrected chi connectivity index (χ0v) is 12.3. The van der Waals surface area contributed by atoms with Gasteiger partial charge in [0.15, 0.2) is 0 Å². The van der Waals surface area contributed by atoms with Crippen molar-refractivity contribution >= 4 is 5.91 Å². The maximum Gasteiger partial charge on any atom is 0.237 e. The van der Waals surface area contributed by atoms with Crippen molar-refractivity contribution in [3.63, 3.8) is 0 Å². The van der Waals surface area contributed by atoms with Gasteiger partial charge in [0.2, 0.25) is 5.91 Å². The number of methoxy groups -OCH3 is 1. The molecular weight excluding hydrogens is 242 g/mol. The van der Waals surface area contributed by atoms with Gasteiger partial charge in [-0.2, -0.15) is 0 Å². The number of likely N-dealkylation sites (tertiary alicyclic amines) is 1. The van der Waals surface area contributed by atoms with Gasteiger partial charge in [-0.15, -0.1) is 0 Å². The van der Waals surface area contributed by atoms with Crippen LogP contribution < -0.4 is 10.6 Å². The van der Waals surface area contributed by atoms with Gasteiger partial charge in [-0.1, -0.05) is 6.92 Å². The molecule has 0 saturated carbocycles. The Morgan fingerprint density at radius 1 is 1.53 bits per heavy atom. The highest BCUT2D eigenvalue weighted by molar-refractivity contribution is 5.81. The highest BCUT2D eigenvalue weighted by Crippen LogP contribution is 2.35. The number of amides is 1. The number of fused-ring (bicyclic) bond motifs is 1. The van der Waals surface area contributed by atoms with Crippen molar-refractivity contribution in [2.75, 3.05) is 39.9 Å². The molecule has 1 amide bonds. The van der Waals surface area contributed by atoms with Crippen LogP contribution in [0.1, 0.15) is 20.3 Å². The summed E-state index contributed by atoms with van der Waals surface area (Å²) in [4.78, 5) is 14.6. The van der Waals surface area contributed by atoms with E-state index in [1.165, 1.54) is 0 Å². The van der Waals surface area contributed by atoms with Gasteiger partial charge in [-0.25, -0.2) is 0 Å². The first-order chi connectivity index (χ1) is 9.19. The summed E-state index contributed by atoms with van der Waals surface area (Å²) in [6, 6.07) is 0.510. The molecular formula is C14H27N3O2. The summed E-state index contributed by atoms with van der Waals surface area (Å²) in [5, 5.41) is 6.42. The average Bonchev–Trinajstić information content (AvgIpc) is 2.97. The van der Waals surface area contributed by atoms with E-state index in [9.17, 15) is 4.79 Å². The molecule has 0 aromatic heterocycles. The van der Waals surface area contributed by atoms with Crippen LogP contribution in [-0.2, 0) is 9.53 Å². The maximum absolute atomic E-state index is 12.2. The zero-order chi connectivity index (χ0) is 13.8. The van der Waals surface area contributed by atoms with E-state index in [2.05, 4.69) is 22.5 Å². The summed E-state index contributed by atoms with van der Waals surface area (Å²) in [7, 11) is 1.65. The molecule has 110 valence electrons. The van der Waals surface area contributed by atoms with Gasteiger partial charge in [0, 0.05) is 26.2 Å². The third-order valence-corrected chi connectivity index (χ3v) is 4.66. The molecule has 2 aliphatic rings. The summed E-state index contributed by atoms with van der Waals surface area (Å²) < 4.78 is 4.96. The van der Waals surface area contributed by atoms with E-state index in [4.69, 9.17) is 4.74 Å². The summed E-state index contributed by atoms with van der Waals surface area (Å²) in [6.07, 6.45) is 1.12. The summed E-state index contributed by atoms with van der Waals surface area (Å²) in [5.41, 5.74) is 0. The number of hydrogen-bond acceptors (Lipinski definition) is 4. The first kappa shape index (κ1) is 14.8. The van der Waals surface area contributed by atoms with Crippen LogP contribution in [0.2, 0.25) is 0 Å². The summed E-state index contributed by atoms with van der Waals surface area (Å²) in [6.45, 7) is 8.69. The predicted molar refractivity (Wildman–Crippen MR) is 75.0 cm³/mol. The molecule has 2 fully saturated rings. The SMILES string of the molecule is CCC1C2CNCC2CN1C(C)C(=O)NCCOC. The van der Waals surface area contributed by atoms with Crippen LogP contribution in [0.4, 0.5) is 0 Å². The smallest absolute Gasteiger partial charge is 0.237 e. The van der Waals surface area contributed by atoms with Gasteiger partial charge in [0.1, 0.15) is 0 Å². The van der Waals surface area contributed by atoms with E-state index in [1.807, 2.05) is 6.92 Å². The van der Waals surface area contributed by atoms with Crippen molar-refractivity contribution in [3.8, 4) is 0 Å². The van der Waals surface area contributed by atoms with Crippen LogP contribution in [-0.4, -0.2) is 62.8 Å². The van der Waals surface area contributed by atoms with Crippen molar-refractivity contribution in [1.29, 1.82) is 0 Å². The fourth-order valence-corrected chi connectivity index (χ4v) is 3.61. The first-order valence-electron chi connectivity index (χ1n) is 7.42. The number of ether oxygens (including phenoxy) is 1. The highest BCUT2D eigenvalue weighted by Gasteiger charge is 2.45. The Morgan fingerprint density at radius 3 is 3.00 bits per heavy atom. The van der Waals surface area contributed by atoms with Crippen LogP contribution in [0.3, 0.4) is 0 Å². The van der Waals surface area contributed by atoms with Crippen LogP contribution in [0.5, 0.6) is 0 Å². The van der Waals surface area contributed by atoms with E-state index in [0.717, 1.165) is 37.9 Å². The number of nitrogens with one attached hydrogen (secondary N) is 2. The van der Waals surface area contributed by atoms with Crippen molar-refractivity contribution in [1.82, 2.24) is 15.5 Å². The summed E-state index contributed by atoms with van der Waals surface area (Å²) >= 11 is 0. The van der Waals surface area contributed by atoms with E-state index < -0.39 is 0 Å². The molecule has 4 atom stereocenters. The third-order valence-electron chi connectivity index (χ3n) is 4.66. The Bertz CT molecular complexity index is 311. The minimum Gasteiger partial charge on any atom is -0.383 e. The average molecular weight is 269 g/mol. The molecule has 0 aliphatic carbocycles. The van der Waals surface area contributed by atoms with Crippen LogP contribution >= 0.6 is 0 Å². The van der Waals surface area contributed by atoms with Crippen LogP contribution in [0.15, 0.2) is 0 Å². The molecule has 2 aliphatic heterocycles. The molecule has 5 nitrogen and oxygen atoms in total. The van der Waals surface area contributed by atoms with Crippen LogP contribution in [0.25, 0.3) is 0 Å². The third kappa shape index (κ3) is 3.09. The minimum absolute atomic E-state index is 0.0348. The van der Waals surface area contributed by atoms with Gasteiger partial charge in [-0.05, 0) is 38.3 Å². The lowest BCUT2D eigenvalue weighted by molar-refractivity contribution is -0.126. The Labute approximate surface area is 116 Å². The fourth-order valence-electron chi connectivity index (χ4n) is 3.61. The Kier molecular flexibility index (Phi) is 5.19. The minimum atomic E-state index is -0.0348. The molecule has 2 N–H and O–H groups in total. The normalized spacial score (nSPS) is 32.3. The van der Waals surface area contributed by atoms with Crippen molar-refractivity contribution in [3.05, 3.63) is 0 Å². The van der Waals surface area contributed by atoms with E-state index in [0.29, 0.717) is 19.2 Å². The standard InChI is InChI=1S/C14H27N3O2/c1-4-13-12-8-15-7-11(12)9-17(13)10(2)14(18)16-5-6-19-3/h10-13,15H,4-9H2,1-3H3,(H,16,18). The second-order valence-electron chi connectivity index (χ2n) is 5.71. The van der Waals surface area contributed by atoms with Gasteiger partial charge in [0.25, 0.3) is 0 Å². The number of hydrogen-bond donors (Lipinski definition) is 2. The number of rotatable bonds is 6. The zero-order valence-electron chi connectivity index (χ0n) is 12.3. The van der Waals surface area contributed by atoms with Crippen molar-refractivity contribution in [2.45, 2.75) is 32.4 Å². The topological polar surface area (TPSA) is 53.6 Å². The van der Waals surface area contributed by atoms with Gasteiger partial charge in [0.05, 0.1) is 12.6 Å². The Morgan fingerprint density at radius 2 is 2.32 bits per heavy atom. The molecule has 4 unspecified atom stereocenters.